The Balaban J connectivity index is 1.41. The lowest BCUT2D eigenvalue weighted by molar-refractivity contribution is 0.461. The van der Waals surface area contributed by atoms with Crippen molar-refractivity contribution in [1.82, 2.24) is 9.97 Å². The molecule has 0 atom stereocenters. The molecule has 2 heterocycles. The monoisotopic (exact) mass is 351 g/mol. The fourth-order valence-corrected chi connectivity index (χ4v) is 4.03. The predicted octanol–water partition coefficient (Wildman–Crippen LogP) is 3.86. The Bertz CT molecular complexity index is 704. The van der Waals surface area contributed by atoms with Crippen molar-refractivity contribution in [3.63, 3.8) is 0 Å². The van der Waals surface area contributed by atoms with Crippen LogP contribution >= 0.6 is 0 Å². The van der Waals surface area contributed by atoms with Gasteiger partial charge in [0.1, 0.15) is 5.82 Å². The van der Waals surface area contributed by atoms with Crippen molar-refractivity contribution in [3.8, 4) is 0 Å². The number of para-hydroxylation sites is 1. The largest absolute Gasteiger partial charge is 0.368 e. The summed E-state index contributed by atoms with van der Waals surface area (Å²) >= 11 is 0. The number of aromatic nitrogens is 2. The third kappa shape index (κ3) is 4.09. The number of rotatable bonds is 4. The zero-order valence-corrected chi connectivity index (χ0v) is 15.7. The number of nitrogens with zero attached hydrogens (tertiary/aromatic N) is 4. The molecule has 1 N–H and O–H groups in total. The maximum Gasteiger partial charge on any atom is 0.227 e. The molecule has 1 saturated heterocycles. The van der Waals surface area contributed by atoms with E-state index in [4.69, 9.17) is 9.97 Å². The zero-order valence-electron chi connectivity index (χ0n) is 15.7. The minimum absolute atomic E-state index is 0.570. The van der Waals surface area contributed by atoms with Gasteiger partial charge in [0.15, 0.2) is 0 Å². The van der Waals surface area contributed by atoms with Gasteiger partial charge in [0.25, 0.3) is 0 Å². The Hall–Kier alpha value is -2.30. The van der Waals surface area contributed by atoms with Gasteiger partial charge in [-0.1, -0.05) is 37.5 Å². The minimum atomic E-state index is 0.570. The first-order valence-corrected chi connectivity index (χ1v) is 9.95. The first-order chi connectivity index (χ1) is 12.8. The van der Waals surface area contributed by atoms with Crippen LogP contribution in [0.3, 0.4) is 0 Å². The van der Waals surface area contributed by atoms with Gasteiger partial charge >= 0.3 is 0 Å². The van der Waals surface area contributed by atoms with Crippen LogP contribution < -0.4 is 15.1 Å². The molecule has 4 rings (SSSR count). The van der Waals surface area contributed by atoms with Gasteiger partial charge < -0.3 is 15.1 Å². The van der Waals surface area contributed by atoms with Crippen LogP contribution in [0.25, 0.3) is 0 Å². The summed E-state index contributed by atoms with van der Waals surface area (Å²) in [6.07, 6.45) is 6.55. The van der Waals surface area contributed by atoms with Gasteiger partial charge in [-0.15, -0.1) is 0 Å². The van der Waals surface area contributed by atoms with E-state index in [-0.39, 0.29) is 0 Å². The molecule has 0 amide bonds. The minimum Gasteiger partial charge on any atom is -0.368 e. The van der Waals surface area contributed by atoms with E-state index in [2.05, 4.69) is 58.4 Å². The van der Waals surface area contributed by atoms with Gasteiger partial charge in [-0.25, -0.2) is 4.98 Å². The highest BCUT2D eigenvalue weighted by atomic mass is 15.3. The van der Waals surface area contributed by atoms with Crippen molar-refractivity contribution >= 4 is 17.5 Å². The van der Waals surface area contributed by atoms with E-state index >= 15 is 0 Å². The summed E-state index contributed by atoms with van der Waals surface area (Å²) < 4.78 is 0. The third-order valence-corrected chi connectivity index (χ3v) is 5.48. The molecule has 5 heteroatoms. The van der Waals surface area contributed by atoms with Crippen molar-refractivity contribution in [3.05, 3.63) is 42.1 Å². The van der Waals surface area contributed by atoms with E-state index < -0.39 is 0 Å². The van der Waals surface area contributed by atoms with Crippen LogP contribution in [0.4, 0.5) is 17.5 Å². The molecule has 2 aliphatic rings. The zero-order chi connectivity index (χ0) is 17.8. The molecule has 2 fully saturated rings. The van der Waals surface area contributed by atoms with E-state index in [1.54, 1.807) is 0 Å². The van der Waals surface area contributed by atoms with Gasteiger partial charge in [-0.05, 0) is 31.9 Å². The maximum absolute atomic E-state index is 4.83. The Morgan fingerprint density at radius 1 is 0.885 bits per heavy atom. The molecular weight excluding hydrogens is 322 g/mol. The predicted molar refractivity (Wildman–Crippen MR) is 108 cm³/mol. The number of aryl methyl sites for hydroxylation is 1. The van der Waals surface area contributed by atoms with Crippen LogP contribution in [-0.2, 0) is 0 Å². The number of piperazine rings is 1. The second-order valence-corrected chi connectivity index (χ2v) is 7.48. The molecule has 1 aliphatic heterocycles. The summed E-state index contributed by atoms with van der Waals surface area (Å²) in [4.78, 5) is 14.3. The van der Waals surface area contributed by atoms with Crippen molar-refractivity contribution in [2.24, 2.45) is 0 Å². The highest BCUT2D eigenvalue weighted by Crippen LogP contribution is 2.23. The van der Waals surface area contributed by atoms with Crippen LogP contribution in [0.2, 0.25) is 0 Å². The highest BCUT2D eigenvalue weighted by molar-refractivity contribution is 5.49. The first-order valence-electron chi connectivity index (χ1n) is 9.95. The summed E-state index contributed by atoms with van der Waals surface area (Å²) in [7, 11) is 0. The highest BCUT2D eigenvalue weighted by Gasteiger charge is 2.20. The van der Waals surface area contributed by atoms with Crippen LogP contribution in [0.15, 0.2) is 36.4 Å². The molecule has 1 aromatic heterocycles. The number of hydrogen-bond donors (Lipinski definition) is 1. The fraction of sp³-hybridized carbons (Fsp3) is 0.524. The Labute approximate surface area is 156 Å². The molecule has 1 aliphatic carbocycles. The van der Waals surface area contributed by atoms with Gasteiger partial charge in [0, 0.05) is 49.7 Å². The standard InChI is InChI=1S/C21H29N5/c1-17-16-20(23-18-8-4-2-5-9-18)24-21(22-17)26-14-12-25(13-15-26)19-10-6-3-7-11-19/h3,6-7,10-11,16,18H,2,4-5,8-9,12-15H2,1H3,(H,22,23,24). The third-order valence-electron chi connectivity index (χ3n) is 5.48. The van der Waals surface area contributed by atoms with E-state index in [1.807, 2.05) is 0 Å². The average Bonchev–Trinajstić information content (AvgIpc) is 2.69. The van der Waals surface area contributed by atoms with Crippen LogP contribution in [0, 0.1) is 6.92 Å². The van der Waals surface area contributed by atoms with E-state index in [9.17, 15) is 0 Å². The van der Waals surface area contributed by atoms with E-state index in [0.29, 0.717) is 6.04 Å². The molecule has 1 aromatic carbocycles. The summed E-state index contributed by atoms with van der Waals surface area (Å²) in [6.45, 7) is 6.00. The molecule has 0 radical (unpaired) electrons. The molecular formula is C21H29N5. The number of hydrogen-bond acceptors (Lipinski definition) is 5. The Morgan fingerprint density at radius 2 is 1.58 bits per heavy atom. The van der Waals surface area contributed by atoms with Crippen molar-refractivity contribution < 1.29 is 0 Å². The second kappa shape index (κ2) is 7.94. The van der Waals surface area contributed by atoms with Gasteiger partial charge in [-0.2, -0.15) is 4.98 Å². The second-order valence-electron chi connectivity index (χ2n) is 7.48. The first kappa shape index (κ1) is 17.1. The van der Waals surface area contributed by atoms with Crippen molar-refractivity contribution in [1.29, 1.82) is 0 Å². The van der Waals surface area contributed by atoms with Crippen molar-refractivity contribution in [2.45, 2.75) is 45.1 Å². The quantitative estimate of drug-likeness (QED) is 0.906. The average molecular weight is 351 g/mol. The Morgan fingerprint density at radius 3 is 2.31 bits per heavy atom. The molecule has 138 valence electrons. The molecule has 2 aromatic rings. The lowest BCUT2D eigenvalue weighted by atomic mass is 9.95. The summed E-state index contributed by atoms with van der Waals surface area (Å²) in [5.41, 5.74) is 2.34. The summed E-state index contributed by atoms with van der Waals surface area (Å²) in [5, 5.41) is 3.65. The molecule has 1 saturated carbocycles. The van der Waals surface area contributed by atoms with Gasteiger partial charge in [-0.3, -0.25) is 0 Å². The van der Waals surface area contributed by atoms with Crippen LogP contribution in [0.5, 0.6) is 0 Å². The van der Waals surface area contributed by atoms with Gasteiger partial charge in [0.05, 0.1) is 0 Å². The van der Waals surface area contributed by atoms with Crippen LogP contribution in [0.1, 0.15) is 37.8 Å². The molecule has 5 nitrogen and oxygen atoms in total. The summed E-state index contributed by atoms with van der Waals surface area (Å²) in [6, 6.07) is 13.3. The van der Waals surface area contributed by atoms with E-state index in [1.165, 1.54) is 37.8 Å². The number of anilines is 3. The van der Waals surface area contributed by atoms with Gasteiger partial charge in [0.2, 0.25) is 5.95 Å². The van der Waals surface area contributed by atoms with E-state index in [0.717, 1.165) is 43.6 Å². The Kier molecular flexibility index (Phi) is 5.23. The van der Waals surface area contributed by atoms with Crippen molar-refractivity contribution in [2.75, 3.05) is 41.3 Å². The number of benzene rings is 1. The number of nitrogens with one attached hydrogen (secondary N) is 1. The molecule has 0 spiro atoms. The smallest absolute Gasteiger partial charge is 0.227 e. The lowest BCUT2D eigenvalue weighted by Gasteiger charge is -2.36. The summed E-state index contributed by atoms with van der Waals surface area (Å²) in [5.74, 6) is 1.86. The maximum atomic E-state index is 4.83. The fourth-order valence-electron chi connectivity index (χ4n) is 4.03. The SMILES string of the molecule is Cc1cc(NC2CCCCC2)nc(N2CCN(c3ccccc3)CC2)n1. The lowest BCUT2D eigenvalue weighted by Crippen LogP contribution is -2.47. The topological polar surface area (TPSA) is 44.3 Å². The molecule has 0 unspecified atom stereocenters. The normalized spacial score (nSPS) is 18.8. The van der Waals surface area contributed by atoms with Crippen LogP contribution in [-0.4, -0.2) is 42.2 Å². The molecule has 0 bridgehead atoms. The molecule has 26 heavy (non-hydrogen) atoms.